The molecule has 0 aliphatic rings. The van der Waals surface area contributed by atoms with E-state index in [4.69, 9.17) is 17.0 Å². The molecule has 0 aliphatic carbocycles. The third-order valence-electron chi connectivity index (χ3n) is 5.13. The molecule has 0 atom stereocenters. The number of para-hydroxylation sites is 2. The van der Waals surface area contributed by atoms with E-state index >= 15 is 0 Å². The van der Waals surface area contributed by atoms with E-state index in [1.807, 2.05) is 60.7 Å². The summed E-state index contributed by atoms with van der Waals surface area (Å²) in [7, 11) is 0. The van der Waals surface area contributed by atoms with Crippen molar-refractivity contribution in [2.45, 2.75) is 9.92 Å². The topological polar surface area (TPSA) is 76.1 Å². The lowest BCUT2D eigenvalue weighted by Gasteiger charge is -2.14. The Morgan fingerprint density at radius 3 is 2.47 bits per heavy atom. The fourth-order valence-electron chi connectivity index (χ4n) is 3.50. The maximum Gasteiger partial charge on any atom is 0.264 e. The minimum atomic E-state index is -0.343. The summed E-state index contributed by atoms with van der Waals surface area (Å²) in [6.45, 7) is -0.137. The number of thiophene rings is 1. The van der Waals surface area contributed by atoms with E-state index in [0.29, 0.717) is 5.75 Å². The summed E-state index contributed by atoms with van der Waals surface area (Å²) in [4.78, 5) is 23.2. The van der Waals surface area contributed by atoms with Gasteiger partial charge < -0.3 is 10.1 Å². The van der Waals surface area contributed by atoms with Crippen LogP contribution in [0.3, 0.4) is 0 Å². The van der Waals surface area contributed by atoms with Crippen LogP contribution in [0.15, 0.2) is 107 Å². The third-order valence-corrected chi connectivity index (χ3v) is 7.30. The molecule has 0 fully saturated rings. The van der Waals surface area contributed by atoms with E-state index in [9.17, 15) is 4.79 Å². The van der Waals surface area contributed by atoms with Crippen LogP contribution >= 0.6 is 35.3 Å². The predicted molar refractivity (Wildman–Crippen MR) is 150 cm³/mol. The molecule has 36 heavy (non-hydrogen) atoms. The van der Waals surface area contributed by atoms with Crippen molar-refractivity contribution in [3.63, 3.8) is 0 Å². The number of nitrogens with one attached hydrogen (secondary N) is 2. The van der Waals surface area contributed by atoms with Gasteiger partial charge in [-0.3, -0.25) is 10.1 Å². The van der Waals surface area contributed by atoms with E-state index in [-0.39, 0.29) is 17.6 Å². The predicted octanol–water partition coefficient (Wildman–Crippen LogP) is 6.40. The van der Waals surface area contributed by atoms with Gasteiger partial charge in [-0.05, 0) is 42.0 Å². The van der Waals surface area contributed by atoms with Crippen molar-refractivity contribution in [1.29, 1.82) is 0 Å². The number of hydrogen-bond donors (Lipinski definition) is 2. The molecule has 2 aromatic heterocycles. The van der Waals surface area contributed by atoms with E-state index in [1.165, 1.54) is 11.8 Å². The smallest absolute Gasteiger partial charge is 0.264 e. The number of carbonyl (C=O) groups excluding carboxylic acids is 1. The summed E-state index contributed by atoms with van der Waals surface area (Å²) >= 11 is 8.50. The Hall–Kier alpha value is -3.79. The van der Waals surface area contributed by atoms with Crippen molar-refractivity contribution in [2.75, 3.05) is 11.9 Å². The summed E-state index contributed by atoms with van der Waals surface area (Å²) in [6.07, 6.45) is 1.59. The van der Waals surface area contributed by atoms with Crippen LogP contribution in [0.2, 0.25) is 0 Å². The molecule has 0 saturated heterocycles. The second-order valence-electron chi connectivity index (χ2n) is 7.58. The molecule has 6 nitrogen and oxygen atoms in total. The minimum Gasteiger partial charge on any atom is -0.484 e. The Balaban J connectivity index is 1.31. The molecule has 9 heteroatoms. The van der Waals surface area contributed by atoms with Crippen LogP contribution in [0, 0.1) is 0 Å². The van der Waals surface area contributed by atoms with Gasteiger partial charge in [0.15, 0.2) is 11.7 Å². The van der Waals surface area contributed by atoms with Crippen LogP contribution in [0.4, 0.5) is 5.69 Å². The van der Waals surface area contributed by atoms with Crippen molar-refractivity contribution in [3.05, 3.63) is 96.6 Å². The molecule has 0 saturated carbocycles. The van der Waals surface area contributed by atoms with Crippen LogP contribution in [-0.2, 0) is 4.79 Å². The Kier molecular flexibility index (Phi) is 7.51. The average molecular weight is 529 g/mol. The van der Waals surface area contributed by atoms with Gasteiger partial charge in [-0.25, -0.2) is 9.97 Å². The van der Waals surface area contributed by atoms with Gasteiger partial charge in [-0.1, -0.05) is 72.4 Å². The van der Waals surface area contributed by atoms with E-state index < -0.39 is 0 Å². The molecule has 5 aromatic rings. The van der Waals surface area contributed by atoms with Crippen LogP contribution in [0.25, 0.3) is 21.3 Å². The Bertz CT molecular complexity index is 1510. The lowest BCUT2D eigenvalue weighted by Crippen LogP contribution is -2.37. The molecule has 178 valence electrons. The molecular formula is C27H20N4O2S3. The molecule has 5 rings (SSSR count). The van der Waals surface area contributed by atoms with Crippen LogP contribution < -0.4 is 15.4 Å². The van der Waals surface area contributed by atoms with Crippen molar-refractivity contribution in [3.8, 4) is 16.9 Å². The first kappa shape index (κ1) is 23.9. The summed E-state index contributed by atoms with van der Waals surface area (Å²) in [5, 5.41) is 9.97. The number of fused-ring (bicyclic) bond motifs is 1. The summed E-state index contributed by atoms with van der Waals surface area (Å²) in [5.41, 5.74) is 2.98. The number of benzene rings is 3. The van der Waals surface area contributed by atoms with Gasteiger partial charge in [0.05, 0.1) is 11.1 Å². The number of rotatable bonds is 7. The van der Waals surface area contributed by atoms with Gasteiger partial charge in [0, 0.05) is 15.8 Å². The third kappa shape index (κ3) is 5.71. The molecule has 2 heterocycles. The Morgan fingerprint density at radius 1 is 0.944 bits per heavy atom. The van der Waals surface area contributed by atoms with Crippen molar-refractivity contribution in [2.24, 2.45) is 0 Å². The van der Waals surface area contributed by atoms with Crippen molar-refractivity contribution >= 4 is 62.2 Å². The molecule has 0 spiro atoms. The normalized spacial score (nSPS) is 10.7. The zero-order chi connectivity index (χ0) is 24.7. The fourth-order valence-corrected chi connectivity index (χ4v) is 5.70. The number of amides is 1. The molecule has 3 aromatic carbocycles. The Labute approximate surface area is 221 Å². The zero-order valence-corrected chi connectivity index (χ0v) is 21.3. The van der Waals surface area contributed by atoms with Gasteiger partial charge in [-0.15, -0.1) is 11.3 Å². The van der Waals surface area contributed by atoms with E-state index in [1.54, 1.807) is 29.8 Å². The largest absolute Gasteiger partial charge is 0.484 e. The number of aromatic nitrogens is 2. The lowest BCUT2D eigenvalue weighted by molar-refractivity contribution is -0.121. The zero-order valence-electron chi connectivity index (χ0n) is 18.9. The van der Waals surface area contributed by atoms with Gasteiger partial charge >= 0.3 is 0 Å². The van der Waals surface area contributed by atoms with Gasteiger partial charge in [0.25, 0.3) is 5.91 Å². The summed E-state index contributed by atoms with van der Waals surface area (Å²) < 4.78 is 5.49. The monoisotopic (exact) mass is 528 g/mol. The SMILES string of the molecule is O=C(COc1ccccc1)NC(=S)Nc1ccccc1Sc1ncnc2scc(-c3ccccc3)c12. The minimum absolute atomic E-state index is 0.137. The highest BCUT2D eigenvalue weighted by Gasteiger charge is 2.16. The molecule has 1 amide bonds. The maximum absolute atomic E-state index is 12.3. The number of hydrogen-bond acceptors (Lipinski definition) is 7. The molecular weight excluding hydrogens is 509 g/mol. The quantitative estimate of drug-likeness (QED) is 0.187. The van der Waals surface area contributed by atoms with Crippen LogP contribution in [0.5, 0.6) is 5.75 Å². The van der Waals surface area contributed by atoms with E-state index in [0.717, 1.165) is 37.0 Å². The number of thiocarbonyl (C=S) groups is 1. The first-order valence-electron chi connectivity index (χ1n) is 11.0. The molecule has 2 N–H and O–H groups in total. The summed E-state index contributed by atoms with van der Waals surface area (Å²) in [5.74, 6) is 0.275. The highest BCUT2D eigenvalue weighted by Crippen LogP contribution is 2.41. The lowest BCUT2D eigenvalue weighted by atomic mass is 10.1. The highest BCUT2D eigenvalue weighted by atomic mass is 32.2. The van der Waals surface area contributed by atoms with Crippen molar-refractivity contribution < 1.29 is 9.53 Å². The second-order valence-corrected chi connectivity index (χ2v) is 9.87. The van der Waals surface area contributed by atoms with Crippen molar-refractivity contribution in [1.82, 2.24) is 15.3 Å². The van der Waals surface area contributed by atoms with Gasteiger partial charge in [0.2, 0.25) is 0 Å². The summed E-state index contributed by atoms with van der Waals surface area (Å²) in [6, 6.07) is 27.1. The molecule has 0 aliphatic heterocycles. The first-order valence-corrected chi connectivity index (χ1v) is 13.1. The molecule has 0 radical (unpaired) electrons. The highest BCUT2D eigenvalue weighted by molar-refractivity contribution is 7.99. The average Bonchev–Trinajstić information content (AvgIpc) is 3.35. The fraction of sp³-hybridized carbons (Fsp3) is 0.0370. The second kappa shape index (κ2) is 11.3. The van der Waals surface area contributed by atoms with Crippen LogP contribution in [-0.4, -0.2) is 27.6 Å². The van der Waals surface area contributed by atoms with E-state index in [2.05, 4.69) is 38.1 Å². The van der Waals surface area contributed by atoms with Crippen LogP contribution in [0.1, 0.15) is 0 Å². The Morgan fingerprint density at radius 2 is 1.67 bits per heavy atom. The number of ether oxygens (including phenoxy) is 1. The molecule has 0 bridgehead atoms. The van der Waals surface area contributed by atoms with Gasteiger partial charge in [0.1, 0.15) is 21.9 Å². The number of anilines is 1. The number of nitrogens with zero attached hydrogens (tertiary/aromatic N) is 2. The standard InChI is InChI=1S/C27H20N4O2S3/c32-23(15-33-19-11-5-2-6-12-19)31-27(34)30-21-13-7-8-14-22(21)36-26-24-20(18-9-3-1-4-10-18)16-35-25(24)28-17-29-26/h1-14,16-17H,15H2,(H2,30,31,32,34). The molecule has 0 unspecified atom stereocenters. The first-order chi connectivity index (χ1) is 17.7. The number of carbonyl (C=O) groups is 1. The van der Waals surface area contributed by atoms with Gasteiger partial charge in [-0.2, -0.15) is 0 Å². The maximum atomic E-state index is 12.3.